The maximum Gasteiger partial charge on any atom is 0.275 e. The molecule has 0 radical (unpaired) electrons. The van der Waals surface area contributed by atoms with Crippen LogP contribution in [0.4, 0.5) is 0 Å². The van der Waals surface area contributed by atoms with Gasteiger partial charge in [-0.2, -0.15) is 5.21 Å². The molecule has 2 aromatic carbocycles. The van der Waals surface area contributed by atoms with E-state index in [9.17, 15) is 9.59 Å². The SMILES string of the molecule is CC(C)(C)CCC(c1ccc(C(=O)NCc2nn[nH]n2)cc1)N1C(=O)C(c2cccc(Cl)c2)=NC12CCC([Si](C)(C)C)CC2. The third-order valence-electron chi connectivity index (χ3n) is 9.13. The molecule has 11 heteroatoms. The van der Waals surface area contributed by atoms with Gasteiger partial charge in [0.1, 0.15) is 11.4 Å². The number of tetrazole rings is 1. The molecule has 1 aromatic heterocycles. The molecule has 1 fully saturated rings. The standard InChI is InChI=1S/C33H44ClN7O2Si/c1-32(2,3)17-16-27(22-10-12-23(13-11-22)30(42)35-21-28-37-39-40-38-28)41-31(43)29(24-8-7-9-25(34)20-24)36-33(41)18-14-26(15-19-33)44(4,5)6/h7-13,20,26-27H,14-19,21H2,1-6H3,(H,35,42)(H,37,38,39,40). The van der Waals surface area contributed by atoms with Crippen LogP contribution in [0.25, 0.3) is 0 Å². The lowest BCUT2D eigenvalue weighted by atomic mass is 9.83. The van der Waals surface area contributed by atoms with Crippen molar-refractivity contribution in [3.8, 4) is 0 Å². The fourth-order valence-corrected chi connectivity index (χ4v) is 8.77. The van der Waals surface area contributed by atoms with Crippen molar-refractivity contribution in [2.24, 2.45) is 10.4 Å². The van der Waals surface area contributed by atoms with Gasteiger partial charge in [0.15, 0.2) is 5.82 Å². The van der Waals surface area contributed by atoms with Gasteiger partial charge in [0.2, 0.25) is 0 Å². The van der Waals surface area contributed by atoms with Crippen molar-refractivity contribution >= 4 is 37.2 Å². The van der Waals surface area contributed by atoms with Crippen LogP contribution in [0, 0.1) is 5.41 Å². The van der Waals surface area contributed by atoms with Crippen LogP contribution < -0.4 is 5.32 Å². The number of carbonyl (C=O) groups is 2. The summed E-state index contributed by atoms with van der Waals surface area (Å²) in [4.78, 5) is 34.9. The van der Waals surface area contributed by atoms with E-state index in [1.165, 1.54) is 0 Å². The third kappa shape index (κ3) is 7.12. The van der Waals surface area contributed by atoms with E-state index in [4.69, 9.17) is 16.6 Å². The zero-order valence-electron chi connectivity index (χ0n) is 26.7. The Morgan fingerprint density at radius 1 is 1.14 bits per heavy atom. The Hall–Kier alpha value is -3.37. The number of benzene rings is 2. The van der Waals surface area contributed by atoms with Gasteiger partial charge in [0.25, 0.3) is 11.8 Å². The lowest BCUT2D eigenvalue weighted by molar-refractivity contribution is -0.133. The second kappa shape index (κ2) is 12.6. The maximum absolute atomic E-state index is 14.6. The Morgan fingerprint density at radius 2 is 1.84 bits per heavy atom. The number of nitrogens with one attached hydrogen (secondary N) is 2. The molecule has 0 saturated heterocycles. The summed E-state index contributed by atoms with van der Waals surface area (Å²) >= 11 is 6.38. The molecule has 9 nitrogen and oxygen atoms in total. The molecule has 2 amide bonds. The second-order valence-corrected chi connectivity index (χ2v) is 20.5. The van der Waals surface area contributed by atoms with Crippen LogP contribution in [0.2, 0.25) is 30.2 Å². The second-order valence-electron chi connectivity index (χ2n) is 14.5. The number of H-pyrrole nitrogens is 1. The van der Waals surface area contributed by atoms with Crippen molar-refractivity contribution in [3.63, 3.8) is 0 Å². The number of halogens is 1. The molecule has 5 rings (SSSR count). The van der Waals surface area contributed by atoms with Gasteiger partial charge in [-0.3, -0.25) is 14.6 Å². The van der Waals surface area contributed by atoms with Gasteiger partial charge in [-0.15, -0.1) is 10.2 Å². The van der Waals surface area contributed by atoms with E-state index in [0.717, 1.165) is 49.7 Å². The van der Waals surface area contributed by atoms with Crippen molar-refractivity contribution in [1.29, 1.82) is 0 Å². The third-order valence-corrected chi connectivity index (χ3v) is 12.4. The topological polar surface area (TPSA) is 116 Å². The van der Waals surface area contributed by atoms with Crippen molar-refractivity contribution in [3.05, 3.63) is 76.1 Å². The summed E-state index contributed by atoms with van der Waals surface area (Å²) in [5, 5.41) is 17.1. The van der Waals surface area contributed by atoms with Crippen molar-refractivity contribution in [2.75, 3.05) is 0 Å². The van der Waals surface area contributed by atoms with Crippen LogP contribution in [0.5, 0.6) is 0 Å². The Balaban J connectivity index is 1.49. The summed E-state index contributed by atoms with van der Waals surface area (Å²) < 4.78 is 0. The summed E-state index contributed by atoms with van der Waals surface area (Å²) in [6.07, 6.45) is 5.54. The first kappa shape index (κ1) is 32.0. The first-order valence-corrected chi connectivity index (χ1v) is 19.5. The lowest BCUT2D eigenvalue weighted by Gasteiger charge is -2.47. The zero-order valence-corrected chi connectivity index (χ0v) is 28.4. The van der Waals surface area contributed by atoms with Crippen molar-refractivity contribution in [2.45, 2.75) is 103 Å². The maximum atomic E-state index is 14.6. The van der Waals surface area contributed by atoms with Crippen LogP contribution in [0.15, 0.2) is 53.5 Å². The highest BCUT2D eigenvalue weighted by Crippen LogP contribution is 2.50. The lowest BCUT2D eigenvalue weighted by Crippen LogP contribution is -2.51. The van der Waals surface area contributed by atoms with E-state index in [1.54, 1.807) is 0 Å². The molecule has 2 aliphatic rings. The van der Waals surface area contributed by atoms with Gasteiger partial charge >= 0.3 is 0 Å². The average molecular weight is 634 g/mol. The monoisotopic (exact) mass is 633 g/mol. The molecular weight excluding hydrogens is 590 g/mol. The molecule has 3 aromatic rings. The Labute approximate surface area is 266 Å². The number of hydrogen-bond donors (Lipinski definition) is 2. The van der Waals surface area contributed by atoms with E-state index >= 15 is 0 Å². The molecule has 1 aliphatic carbocycles. The molecule has 1 spiro atoms. The molecule has 2 N–H and O–H groups in total. The molecule has 0 bridgehead atoms. The highest BCUT2D eigenvalue weighted by atomic mass is 35.5. The summed E-state index contributed by atoms with van der Waals surface area (Å²) in [5.74, 6) is 0.145. The molecular formula is C33H44ClN7O2Si. The number of carbonyl (C=O) groups excluding carboxylic acids is 2. The largest absolute Gasteiger partial charge is 0.345 e. The molecule has 44 heavy (non-hydrogen) atoms. The Bertz CT molecular complexity index is 1500. The van der Waals surface area contributed by atoms with Crippen molar-refractivity contribution in [1.82, 2.24) is 30.8 Å². The first-order valence-electron chi connectivity index (χ1n) is 15.6. The predicted octanol–water partition coefficient (Wildman–Crippen LogP) is 6.96. The molecule has 1 unspecified atom stereocenters. The summed E-state index contributed by atoms with van der Waals surface area (Å²) in [7, 11) is -1.34. The van der Waals surface area contributed by atoms with Gasteiger partial charge in [-0.25, -0.2) is 0 Å². The van der Waals surface area contributed by atoms with Gasteiger partial charge in [0.05, 0.1) is 12.6 Å². The summed E-state index contributed by atoms with van der Waals surface area (Å²) in [6.45, 7) is 14.2. The van der Waals surface area contributed by atoms with Gasteiger partial charge in [-0.1, -0.05) is 81.5 Å². The number of hydrogen-bond acceptors (Lipinski definition) is 6. The summed E-state index contributed by atoms with van der Waals surface area (Å²) in [6, 6.07) is 14.9. The van der Waals surface area contributed by atoms with Crippen molar-refractivity contribution < 1.29 is 9.59 Å². The van der Waals surface area contributed by atoms with Gasteiger partial charge < -0.3 is 10.2 Å². The quantitative estimate of drug-likeness (QED) is 0.247. The predicted molar refractivity (Wildman–Crippen MR) is 176 cm³/mol. The Morgan fingerprint density at radius 3 is 2.43 bits per heavy atom. The average Bonchev–Trinajstić information content (AvgIpc) is 3.58. The molecule has 1 atom stereocenters. The zero-order chi connectivity index (χ0) is 31.7. The van der Waals surface area contributed by atoms with Gasteiger partial charge in [-0.05, 0) is 79.3 Å². The van der Waals surface area contributed by atoms with E-state index in [0.29, 0.717) is 27.7 Å². The van der Waals surface area contributed by atoms with E-state index in [1.807, 2.05) is 48.5 Å². The fourth-order valence-electron chi connectivity index (χ4n) is 6.56. The molecule has 1 saturated carbocycles. The number of nitrogens with zero attached hydrogens (tertiary/aromatic N) is 5. The number of amides is 2. The van der Waals surface area contributed by atoms with E-state index in [-0.39, 0.29) is 29.8 Å². The van der Waals surface area contributed by atoms with Crippen LogP contribution in [0.3, 0.4) is 0 Å². The van der Waals surface area contributed by atoms with Crippen LogP contribution in [0.1, 0.15) is 92.6 Å². The minimum absolute atomic E-state index is 0.0421. The van der Waals surface area contributed by atoms with Crippen LogP contribution in [-0.4, -0.2) is 56.8 Å². The number of aliphatic imine (C=N–C) groups is 1. The van der Waals surface area contributed by atoms with E-state index in [2.05, 4.69) is 71.3 Å². The molecule has 2 heterocycles. The fraction of sp³-hybridized carbons (Fsp3) is 0.515. The smallest absolute Gasteiger partial charge is 0.275 e. The number of aromatic nitrogens is 4. The summed E-state index contributed by atoms with van der Waals surface area (Å²) in [5.41, 5.74) is 2.97. The van der Waals surface area contributed by atoms with Gasteiger partial charge in [0, 0.05) is 24.2 Å². The Kier molecular flexibility index (Phi) is 9.14. The highest BCUT2D eigenvalue weighted by Gasteiger charge is 2.52. The van der Waals surface area contributed by atoms with Crippen LogP contribution in [-0.2, 0) is 11.3 Å². The normalized spacial score (nSPS) is 21.4. The molecule has 234 valence electrons. The molecule has 1 aliphatic heterocycles. The van der Waals surface area contributed by atoms with Crippen LogP contribution >= 0.6 is 11.6 Å². The number of rotatable bonds is 9. The minimum atomic E-state index is -1.34. The number of aromatic amines is 1. The minimum Gasteiger partial charge on any atom is -0.345 e. The van der Waals surface area contributed by atoms with E-state index < -0.39 is 13.7 Å². The highest BCUT2D eigenvalue weighted by molar-refractivity contribution is 6.77. The first-order chi connectivity index (χ1) is 20.8.